The molecule has 0 N–H and O–H groups in total. The van der Waals surface area contributed by atoms with E-state index >= 15 is 0 Å². The zero-order valence-electron chi connectivity index (χ0n) is 12.4. The van der Waals surface area contributed by atoms with Gasteiger partial charge in [-0.15, -0.1) is 0 Å². The number of nitriles is 1. The highest BCUT2D eigenvalue weighted by Crippen LogP contribution is 2.21. The summed E-state index contributed by atoms with van der Waals surface area (Å²) >= 11 is 6.28. The summed E-state index contributed by atoms with van der Waals surface area (Å²) in [6.07, 6.45) is 0. The van der Waals surface area contributed by atoms with E-state index in [-0.39, 0.29) is 0 Å². The monoisotopic (exact) mass is 298 g/mol. The summed E-state index contributed by atoms with van der Waals surface area (Å²) < 4.78 is 0. The molecule has 0 aliphatic heterocycles. The van der Waals surface area contributed by atoms with Crippen LogP contribution in [0.25, 0.3) is 0 Å². The van der Waals surface area contributed by atoms with Crippen LogP contribution in [0.4, 0.5) is 0 Å². The molecule has 0 saturated heterocycles. The standard InChI is InChI=1S/C18H19ClN2/c1-14(2)21(12-15-6-4-3-5-7-15)13-17-9-8-16(11-20)10-18(17)19/h3-10,14H,12-13H2,1-2H3. The van der Waals surface area contributed by atoms with Crippen molar-refractivity contribution in [3.8, 4) is 6.07 Å². The minimum Gasteiger partial charge on any atom is -0.292 e. The van der Waals surface area contributed by atoms with E-state index in [0.29, 0.717) is 16.6 Å². The van der Waals surface area contributed by atoms with Gasteiger partial charge in [0, 0.05) is 24.2 Å². The molecule has 2 rings (SSSR count). The van der Waals surface area contributed by atoms with Gasteiger partial charge in [-0.3, -0.25) is 4.90 Å². The van der Waals surface area contributed by atoms with Crippen LogP contribution in [-0.4, -0.2) is 10.9 Å². The van der Waals surface area contributed by atoms with Crippen LogP contribution in [0, 0.1) is 11.3 Å². The minimum absolute atomic E-state index is 0.414. The van der Waals surface area contributed by atoms with Crippen molar-refractivity contribution in [3.63, 3.8) is 0 Å². The first-order valence-electron chi connectivity index (χ1n) is 7.06. The third kappa shape index (κ3) is 4.32. The molecule has 0 spiro atoms. The molecule has 0 heterocycles. The molecule has 0 amide bonds. The highest BCUT2D eigenvalue weighted by Gasteiger charge is 2.13. The number of rotatable bonds is 5. The van der Waals surface area contributed by atoms with Crippen LogP contribution in [-0.2, 0) is 13.1 Å². The highest BCUT2D eigenvalue weighted by molar-refractivity contribution is 6.31. The van der Waals surface area contributed by atoms with E-state index in [2.05, 4.69) is 49.1 Å². The molecule has 0 aliphatic rings. The third-order valence-corrected chi connectivity index (χ3v) is 3.87. The lowest BCUT2D eigenvalue weighted by Crippen LogP contribution is -2.29. The van der Waals surface area contributed by atoms with Crippen LogP contribution < -0.4 is 0 Å². The average Bonchev–Trinajstić information content (AvgIpc) is 2.49. The van der Waals surface area contributed by atoms with E-state index < -0.39 is 0 Å². The van der Waals surface area contributed by atoms with Gasteiger partial charge in [-0.05, 0) is 37.1 Å². The Labute approximate surface area is 131 Å². The first-order chi connectivity index (χ1) is 10.1. The van der Waals surface area contributed by atoms with Gasteiger partial charge in [0.2, 0.25) is 0 Å². The molecule has 3 heteroatoms. The van der Waals surface area contributed by atoms with Crippen LogP contribution in [0.3, 0.4) is 0 Å². The lowest BCUT2D eigenvalue weighted by atomic mass is 10.1. The second-order valence-corrected chi connectivity index (χ2v) is 5.81. The Kier molecular flexibility index (Phi) is 5.38. The Bertz CT molecular complexity index is 629. The van der Waals surface area contributed by atoms with Crippen LogP contribution in [0.5, 0.6) is 0 Å². The number of nitrogens with zero attached hydrogens (tertiary/aromatic N) is 2. The number of benzene rings is 2. The van der Waals surface area contributed by atoms with E-state index in [1.54, 1.807) is 6.07 Å². The van der Waals surface area contributed by atoms with Crippen molar-refractivity contribution < 1.29 is 0 Å². The second kappa shape index (κ2) is 7.26. The van der Waals surface area contributed by atoms with Gasteiger partial charge in [0.1, 0.15) is 0 Å². The third-order valence-electron chi connectivity index (χ3n) is 3.51. The van der Waals surface area contributed by atoms with Gasteiger partial charge in [-0.1, -0.05) is 48.0 Å². The molecule has 0 bridgehead atoms. The van der Waals surface area contributed by atoms with Crippen molar-refractivity contribution in [2.24, 2.45) is 0 Å². The summed E-state index contributed by atoms with van der Waals surface area (Å²) in [5.41, 5.74) is 2.94. The Balaban J connectivity index is 2.15. The SMILES string of the molecule is CC(C)N(Cc1ccccc1)Cc1ccc(C#N)cc1Cl. The van der Waals surface area contributed by atoms with Crippen molar-refractivity contribution in [2.75, 3.05) is 0 Å². The molecular weight excluding hydrogens is 280 g/mol. The van der Waals surface area contributed by atoms with Gasteiger partial charge in [0.05, 0.1) is 11.6 Å². The zero-order chi connectivity index (χ0) is 15.2. The van der Waals surface area contributed by atoms with Gasteiger partial charge >= 0.3 is 0 Å². The topological polar surface area (TPSA) is 27.0 Å². The van der Waals surface area contributed by atoms with E-state index in [9.17, 15) is 0 Å². The molecule has 0 radical (unpaired) electrons. The summed E-state index contributed by atoms with van der Waals surface area (Å²) in [5, 5.41) is 9.56. The molecule has 2 aromatic rings. The summed E-state index contributed by atoms with van der Waals surface area (Å²) in [6.45, 7) is 6.02. The molecule has 108 valence electrons. The van der Waals surface area contributed by atoms with Gasteiger partial charge in [-0.25, -0.2) is 0 Å². The fraction of sp³-hybridized carbons (Fsp3) is 0.278. The normalized spacial score (nSPS) is 10.9. The highest BCUT2D eigenvalue weighted by atomic mass is 35.5. The first kappa shape index (κ1) is 15.6. The fourth-order valence-electron chi connectivity index (χ4n) is 2.20. The first-order valence-corrected chi connectivity index (χ1v) is 7.44. The molecule has 0 aliphatic carbocycles. The molecule has 0 saturated carbocycles. The quantitative estimate of drug-likeness (QED) is 0.805. The zero-order valence-corrected chi connectivity index (χ0v) is 13.1. The van der Waals surface area contributed by atoms with Gasteiger partial charge < -0.3 is 0 Å². The maximum absolute atomic E-state index is 8.90. The Morgan fingerprint density at radius 3 is 2.38 bits per heavy atom. The predicted octanol–water partition coefficient (Wildman–Crippen LogP) is 4.62. The molecule has 0 aromatic heterocycles. The number of halogens is 1. The molecule has 2 aromatic carbocycles. The maximum Gasteiger partial charge on any atom is 0.0992 e. The molecule has 0 atom stereocenters. The van der Waals surface area contributed by atoms with E-state index in [1.165, 1.54) is 5.56 Å². The Morgan fingerprint density at radius 1 is 1.10 bits per heavy atom. The van der Waals surface area contributed by atoms with E-state index in [1.807, 2.05) is 18.2 Å². The van der Waals surface area contributed by atoms with Crippen LogP contribution in [0.15, 0.2) is 48.5 Å². The summed E-state index contributed by atoms with van der Waals surface area (Å²) in [4.78, 5) is 2.36. The maximum atomic E-state index is 8.90. The second-order valence-electron chi connectivity index (χ2n) is 5.40. The van der Waals surface area contributed by atoms with Crippen LogP contribution in [0.1, 0.15) is 30.5 Å². The number of hydrogen-bond donors (Lipinski definition) is 0. The predicted molar refractivity (Wildman–Crippen MR) is 87.0 cm³/mol. The summed E-state index contributed by atoms with van der Waals surface area (Å²) in [6, 6.07) is 18.4. The summed E-state index contributed by atoms with van der Waals surface area (Å²) in [7, 11) is 0. The van der Waals surface area contributed by atoms with E-state index in [4.69, 9.17) is 16.9 Å². The van der Waals surface area contributed by atoms with Crippen molar-refractivity contribution in [1.82, 2.24) is 4.90 Å². The Morgan fingerprint density at radius 2 is 1.81 bits per heavy atom. The van der Waals surface area contributed by atoms with Gasteiger partial charge in [-0.2, -0.15) is 5.26 Å². The largest absolute Gasteiger partial charge is 0.292 e. The Hall–Kier alpha value is -1.82. The van der Waals surface area contributed by atoms with Crippen molar-refractivity contribution in [2.45, 2.75) is 33.0 Å². The van der Waals surface area contributed by atoms with Crippen LogP contribution in [0.2, 0.25) is 5.02 Å². The minimum atomic E-state index is 0.414. The average molecular weight is 299 g/mol. The van der Waals surface area contributed by atoms with Gasteiger partial charge in [0.15, 0.2) is 0 Å². The number of hydrogen-bond acceptors (Lipinski definition) is 2. The van der Waals surface area contributed by atoms with Gasteiger partial charge in [0.25, 0.3) is 0 Å². The van der Waals surface area contributed by atoms with Crippen molar-refractivity contribution >= 4 is 11.6 Å². The molecule has 2 nitrogen and oxygen atoms in total. The summed E-state index contributed by atoms with van der Waals surface area (Å²) in [5.74, 6) is 0. The molecule has 21 heavy (non-hydrogen) atoms. The lowest BCUT2D eigenvalue weighted by Gasteiger charge is -2.27. The van der Waals surface area contributed by atoms with E-state index in [0.717, 1.165) is 18.7 Å². The van der Waals surface area contributed by atoms with Crippen molar-refractivity contribution in [3.05, 3.63) is 70.2 Å². The molecule has 0 unspecified atom stereocenters. The lowest BCUT2D eigenvalue weighted by molar-refractivity contribution is 0.204. The fourth-order valence-corrected chi connectivity index (χ4v) is 2.44. The molecule has 0 fully saturated rings. The van der Waals surface area contributed by atoms with Crippen molar-refractivity contribution in [1.29, 1.82) is 5.26 Å². The van der Waals surface area contributed by atoms with Crippen LogP contribution >= 0.6 is 11.6 Å². The molecular formula is C18H19ClN2. The smallest absolute Gasteiger partial charge is 0.0992 e.